The Morgan fingerprint density at radius 3 is 2.55 bits per heavy atom. The van der Waals surface area contributed by atoms with E-state index >= 15 is 0 Å². The molecule has 2 aliphatic heterocycles. The number of nitrogens with zero attached hydrogens (tertiary/aromatic N) is 3. The van der Waals surface area contributed by atoms with E-state index in [4.69, 9.17) is 28.3 Å². The van der Waals surface area contributed by atoms with E-state index < -0.39 is 0 Å². The number of fused-ring (bicyclic) bond motifs is 1. The summed E-state index contributed by atoms with van der Waals surface area (Å²) >= 11 is 12.6. The van der Waals surface area contributed by atoms with Crippen molar-refractivity contribution in [2.24, 2.45) is 5.10 Å². The van der Waals surface area contributed by atoms with Gasteiger partial charge in [0, 0.05) is 23.7 Å². The van der Waals surface area contributed by atoms with E-state index in [0.29, 0.717) is 28.7 Å². The summed E-state index contributed by atoms with van der Waals surface area (Å²) in [7, 11) is 0. The molecule has 3 aromatic rings. The van der Waals surface area contributed by atoms with Crippen LogP contribution in [0.2, 0.25) is 10.0 Å². The number of amides is 1. The Bertz CT molecular complexity index is 1190. The smallest absolute Gasteiger partial charge is 0.274 e. The van der Waals surface area contributed by atoms with Crippen molar-refractivity contribution in [3.05, 3.63) is 93.5 Å². The molecule has 2 aliphatic rings. The van der Waals surface area contributed by atoms with Crippen molar-refractivity contribution in [2.75, 3.05) is 16.5 Å². The van der Waals surface area contributed by atoms with Gasteiger partial charge in [-0.05, 0) is 48.7 Å². The van der Waals surface area contributed by atoms with Crippen molar-refractivity contribution in [1.82, 2.24) is 0 Å². The highest BCUT2D eigenvalue weighted by Crippen LogP contribution is 2.40. The quantitative estimate of drug-likeness (QED) is 0.477. The fraction of sp³-hybridized carbons (Fsp3) is 0.200. The number of benzene rings is 3. The predicted octanol–water partition coefficient (Wildman–Crippen LogP) is 6.20. The van der Waals surface area contributed by atoms with E-state index in [-0.39, 0.29) is 11.9 Å². The third-order valence-corrected chi connectivity index (χ3v) is 6.45. The molecule has 4 nitrogen and oxygen atoms in total. The first-order valence-electron chi connectivity index (χ1n) is 10.3. The molecule has 0 aromatic heterocycles. The lowest BCUT2D eigenvalue weighted by Crippen LogP contribution is -2.34. The molecule has 5 rings (SSSR count). The van der Waals surface area contributed by atoms with Gasteiger partial charge in [0.25, 0.3) is 5.91 Å². The molecule has 31 heavy (non-hydrogen) atoms. The van der Waals surface area contributed by atoms with Gasteiger partial charge in [-0.15, -0.1) is 0 Å². The van der Waals surface area contributed by atoms with Gasteiger partial charge in [0.1, 0.15) is 5.71 Å². The highest BCUT2D eigenvalue weighted by atomic mass is 35.5. The molecule has 0 bridgehead atoms. The molecule has 2 heterocycles. The van der Waals surface area contributed by atoms with Gasteiger partial charge >= 0.3 is 0 Å². The van der Waals surface area contributed by atoms with E-state index in [1.54, 1.807) is 12.1 Å². The minimum absolute atomic E-state index is 0.0466. The molecular formula is C25H21Cl2N3O. The van der Waals surface area contributed by atoms with E-state index in [2.05, 4.69) is 37.3 Å². The Hall–Kier alpha value is -2.82. The Balaban J connectivity index is 1.52. The second-order valence-corrected chi connectivity index (χ2v) is 8.80. The molecule has 1 amide bonds. The van der Waals surface area contributed by atoms with Crippen LogP contribution in [0.15, 0.2) is 71.8 Å². The van der Waals surface area contributed by atoms with Gasteiger partial charge in [-0.2, -0.15) is 5.10 Å². The van der Waals surface area contributed by atoms with Crippen LogP contribution in [-0.2, 0) is 11.2 Å². The zero-order valence-electron chi connectivity index (χ0n) is 17.1. The molecule has 156 valence electrons. The fourth-order valence-electron chi connectivity index (χ4n) is 4.28. The molecular weight excluding hydrogens is 429 g/mol. The molecule has 6 heteroatoms. The average Bonchev–Trinajstić information content (AvgIpc) is 3.39. The SMILES string of the molecule is Cc1ccc(C2CC(C(=O)N3CCc4ccccc43)=NN2c2ccc(Cl)cc2Cl)cc1. The third-order valence-electron chi connectivity index (χ3n) is 5.91. The van der Waals surface area contributed by atoms with Gasteiger partial charge in [0.2, 0.25) is 0 Å². The summed E-state index contributed by atoms with van der Waals surface area (Å²) in [5.74, 6) is -0.0466. The molecule has 0 spiro atoms. The summed E-state index contributed by atoms with van der Waals surface area (Å²) in [4.78, 5) is 15.3. The van der Waals surface area contributed by atoms with E-state index in [1.807, 2.05) is 34.2 Å². The van der Waals surface area contributed by atoms with Gasteiger partial charge in [0.15, 0.2) is 0 Å². The number of hydrazone groups is 1. The van der Waals surface area contributed by atoms with Crippen LogP contribution in [0.4, 0.5) is 11.4 Å². The fourth-order valence-corrected chi connectivity index (χ4v) is 4.78. The molecule has 3 aromatic carbocycles. The summed E-state index contributed by atoms with van der Waals surface area (Å²) in [5, 5.41) is 7.71. The van der Waals surface area contributed by atoms with Gasteiger partial charge < -0.3 is 4.90 Å². The monoisotopic (exact) mass is 449 g/mol. The second-order valence-electron chi connectivity index (χ2n) is 7.95. The van der Waals surface area contributed by atoms with Gasteiger partial charge in [-0.3, -0.25) is 9.80 Å². The Labute approximate surface area is 191 Å². The van der Waals surface area contributed by atoms with Crippen molar-refractivity contribution in [1.29, 1.82) is 0 Å². The van der Waals surface area contributed by atoms with E-state index in [9.17, 15) is 4.79 Å². The number of anilines is 2. The van der Waals surface area contributed by atoms with E-state index in [1.165, 1.54) is 11.1 Å². The normalized spacial score (nSPS) is 17.6. The summed E-state index contributed by atoms with van der Waals surface area (Å²) < 4.78 is 0. The maximum absolute atomic E-state index is 13.5. The average molecular weight is 450 g/mol. The number of rotatable bonds is 3. The Morgan fingerprint density at radius 1 is 1.00 bits per heavy atom. The number of hydrogen-bond donors (Lipinski definition) is 0. The Kier molecular flexibility index (Phi) is 5.20. The number of aryl methyl sites for hydroxylation is 1. The molecule has 0 fully saturated rings. The van der Waals surface area contributed by atoms with Crippen molar-refractivity contribution in [3.8, 4) is 0 Å². The molecule has 0 radical (unpaired) electrons. The topological polar surface area (TPSA) is 35.9 Å². The highest BCUT2D eigenvalue weighted by molar-refractivity contribution is 6.45. The zero-order chi connectivity index (χ0) is 21.5. The van der Waals surface area contributed by atoms with Crippen molar-refractivity contribution in [2.45, 2.75) is 25.8 Å². The third kappa shape index (κ3) is 3.71. The largest absolute Gasteiger partial charge is 0.307 e. The van der Waals surface area contributed by atoms with Crippen LogP contribution >= 0.6 is 23.2 Å². The van der Waals surface area contributed by atoms with Crippen molar-refractivity contribution in [3.63, 3.8) is 0 Å². The van der Waals surface area contributed by atoms with Crippen LogP contribution in [0.25, 0.3) is 0 Å². The lowest BCUT2D eigenvalue weighted by Gasteiger charge is -2.25. The van der Waals surface area contributed by atoms with Gasteiger partial charge in [0.05, 0.1) is 16.8 Å². The van der Waals surface area contributed by atoms with Crippen LogP contribution < -0.4 is 9.91 Å². The first-order chi connectivity index (χ1) is 15.0. The summed E-state index contributed by atoms with van der Waals surface area (Å²) in [6.45, 7) is 2.73. The van der Waals surface area contributed by atoms with Crippen LogP contribution in [0.5, 0.6) is 0 Å². The molecule has 0 saturated heterocycles. The second kappa shape index (κ2) is 8.03. The maximum Gasteiger partial charge on any atom is 0.274 e. The van der Waals surface area contributed by atoms with Crippen LogP contribution in [0, 0.1) is 6.92 Å². The van der Waals surface area contributed by atoms with Crippen molar-refractivity contribution < 1.29 is 4.79 Å². The zero-order valence-corrected chi connectivity index (χ0v) is 18.6. The number of carbonyl (C=O) groups is 1. The molecule has 1 atom stereocenters. The highest BCUT2D eigenvalue weighted by Gasteiger charge is 2.36. The first-order valence-corrected chi connectivity index (χ1v) is 11.0. The summed E-state index contributed by atoms with van der Waals surface area (Å²) in [5.41, 5.74) is 5.72. The summed E-state index contributed by atoms with van der Waals surface area (Å²) in [6, 6.07) is 21.6. The maximum atomic E-state index is 13.5. The number of para-hydroxylation sites is 1. The standard InChI is InChI=1S/C25H21Cl2N3O/c1-16-6-8-18(9-7-16)24-15-21(28-30(24)23-11-10-19(26)14-20(23)27)25(31)29-13-12-17-4-2-3-5-22(17)29/h2-11,14,24H,12-13,15H2,1H3. The van der Waals surface area contributed by atoms with Crippen LogP contribution in [0.1, 0.15) is 29.2 Å². The minimum atomic E-state index is -0.115. The molecule has 0 aliphatic carbocycles. The molecule has 0 N–H and O–H groups in total. The van der Waals surface area contributed by atoms with Gasteiger partial charge in [-0.25, -0.2) is 0 Å². The van der Waals surface area contributed by atoms with Crippen LogP contribution in [-0.4, -0.2) is 18.2 Å². The number of carbonyl (C=O) groups excluding carboxylic acids is 1. The molecule has 1 unspecified atom stereocenters. The first kappa shape index (κ1) is 20.1. The number of halogens is 2. The van der Waals surface area contributed by atoms with E-state index in [0.717, 1.165) is 23.4 Å². The van der Waals surface area contributed by atoms with Crippen molar-refractivity contribution >= 4 is 46.2 Å². The molecule has 0 saturated carbocycles. The lowest BCUT2D eigenvalue weighted by atomic mass is 9.99. The summed E-state index contributed by atoms with van der Waals surface area (Å²) in [6.07, 6.45) is 1.38. The van der Waals surface area contributed by atoms with Crippen LogP contribution in [0.3, 0.4) is 0 Å². The number of hydrogen-bond acceptors (Lipinski definition) is 3. The lowest BCUT2D eigenvalue weighted by molar-refractivity contribution is -0.112. The predicted molar refractivity (Wildman–Crippen MR) is 127 cm³/mol. The minimum Gasteiger partial charge on any atom is -0.307 e. The Morgan fingerprint density at radius 2 is 1.77 bits per heavy atom. The van der Waals surface area contributed by atoms with Gasteiger partial charge in [-0.1, -0.05) is 71.2 Å².